The molecule has 0 spiro atoms. The van der Waals surface area contributed by atoms with Crippen LogP contribution in [0.5, 0.6) is 0 Å². The number of nitrogens with one attached hydrogen (secondary N) is 1. The van der Waals surface area contributed by atoms with E-state index in [4.69, 9.17) is 10.4 Å². The Kier molecular flexibility index (Phi) is 4.27. The van der Waals surface area contributed by atoms with E-state index < -0.39 is 0 Å². The van der Waals surface area contributed by atoms with Crippen LogP contribution in [0.3, 0.4) is 0 Å². The van der Waals surface area contributed by atoms with Crippen LogP contribution >= 0.6 is 0 Å². The third-order valence-electron chi connectivity index (χ3n) is 2.49. The Hall–Kier alpha value is -1.60. The molecule has 4 nitrogen and oxygen atoms in total. The van der Waals surface area contributed by atoms with Gasteiger partial charge in [-0.3, -0.25) is 4.98 Å². The van der Waals surface area contributed by atoms with Crippen LogP contribution in [0, 0.1) is 16.7 Å². The molecule has 0 bridgehead atoms. The second-order valence-corrected chi connectivity index (χ2v) is 4.52. The van der Waals surface area contributed by atoms with Gasteiger partial charge in [-0.2, -0.15) is 5.26 Å². The van der Waals surface area contributed by atoms with Gasteiger partial charge >= 0.3 is 0 Å². The molecule has 0 saturated carbocycles. The van der Waals surface area contributed by atoms with Gasteiger partial charge in [0.25, 0.3) is 0 Å². The minimum Gasteiger partial charge on any atom is -0.396 e. The number of nitrogens with zero attached hydrogens (tertiary/aromatic N) is 2. The van der Waals surface area contributed by atoms with E-state index in [0.717, 1.165) is 12.1 Å². The molecule has 1 aromatic heterocycles. The highest BCUT2D eigenvalue weighted by Crippen LogP contribution is 2.21. The Balaban J connectivity index is 2.65. The summed E-state index contributed by atoms with van der Waals surface area (Å²) in [4.78, 5) is 3.98. The second kappa shape index (κ2) is 5.47. The molecule has 2 N–H and O–H groups in total. The molecule has 16 heavy (non-hydrogen) atoms. The highest BCUT2D eigenvalue weighted by atomic mass is 16.3. The summed E-state index contributed by atoms with van der Waals surface area (Å²) in [5, 5.41) is 21.0. The van der Waals surface area contributed by atoms with Crippen molar-refractivity contribution in [3.63, 3.8) is 0 Å². The van der Waals surface area contributed by atoms with Crippen molar-refractivity contribution in [3.8, 4) is 6.07 Å². The SMILES string of the molecule is CC(C)(CCO)CNc1cnccc1C#N. The van der Waals surface area contributed by atoms with Crippen molar-refractivity contribution in [2.45, 2.75) is 20.3 Å². The molecule has 86 valence electrons. The van der Waals surface area contributed by atoms with Crippen molar-refractivity contribution in [3.05, 3.63) is 24.0 Å². The fourth-order valence-electron chi connectivity index (χ4n) is 1.36. The summed E-state index contributed by atoms with van der Waals surface area (Å²) in [6, 6.07) is 3.79. The lowest BCUT2D eigenvalue weighted by Gasteiger charge is -2.24. The maximum Gasteiger partial charge on any atom is 0.101 e. The van der Waals surface area contributed by atoms with Crippen LogP contribution in [0.2, 0.25) is 0 Å². The monoisotopic (exact) mass is 219 g/mol. The van der Waals surface area contributed by atoms with Crippen LogP contribution in [0.4, 0.5) is 5.69 Å². The summed E-state index contributed by atoms with van der Waals surface area (Å²) >= 11 is 0. The molecule has 0 saturated heterocycles. The molecule has 1 heterocycles. The van der Waals surface area contributed by atoms with E-state index in [1.54, 1.807) is 18.5 Å². The van der Waals surface area contributed by atoms with Crippen molar-refractivity contribution in [1.82, 2.24) is 4.98 Å². The van der Waals surface area contributed by atoms with Crippen LogP contribution in [0.15, 0.2) is 18.5 Å². The molecule has 0 aliphatic rings. The third kappa shape index (κ3) is 3.52. The molecule has 1 rings (SSSR count). The van der Waals surface area contributed by atoms with Gasteiger partial charge in [-0.05, 0) is 17.9 Å². The zero-order valence-electron chi connectivity index (χ0n) is 9.70. The number of anilines is 1. The van der Waals surface area contributed by atoms with E-state index in [2.05, 4.69) is 30.2 Å². The second-order valence-electron chi connectivity index (χ2n) is 4.52. The van der Waals surface area contributed by atoms with Crippen molar-refractivity contribution in [2.75, 3.05) is 18.5 Å². The van der Waals surface area contributed by atoms with Gasteiger partial charge < -0.3 is 10.4 Å². The fourth-order valence-corrected chi connectivity index (χ4v) is 1.36. The number of rotatable bonds is 5. The number of hydrogen-bond donors (Lipinski definition) is 2. The van der Waals surface area contributed by atoms with Crippen LogP contribution in [0.25, 0.3) is 0 Å². The average Bonchev–Trinajstić information content (AvgIpc) is 2.27. The normalized spacial score (nSPS) is 10.9. The number of aliphatic hydroxyl groups excluding tert-OH is 1. The Morgan fingerprint density at radius 3 is 2.94 bits per heavy atom. The summed E-state index contributed by atoms with van der Waals surface area (Å²) in [6.45, 7) is 5.01. The Labute approximate surface area is 95.9 Å². The zero-order valence-corrected chi connectivity index (χ0v) is 9.70. The topological polar surface area (TPSA) is 68.9 Å². The molecule has 0 aliphatic heterocycles. The van der Waals surface area contributed by atoms with Gasteiger partial charge in [0.1, 0.15) is 6.07 Å². The van der Waals surface area contributed by atoms with Gasteiger partial charge in [-0.1, -0.05) is 13.8 Å². The summed E-state index contributed by atoms with van der Waals surface area (Å²) in [6.07, 6.45) is 3.97. The lowest BCUT2D eigenvalue weighted by Crippen LogP contribution is -2.24. The minimum absolute atomic E-state index is 0.00266. The van der Waals surface area contributed by atoms with Gasteiger partial charge in [0.15, 0.2) is 0 Å². The molecule has 1 aromatic rings. The number of aromatic nitrogens is 1. The molecule has 0 aromatic carbocycles. The van der Waals surface area contributed by atoms with Crippen LogP contribution in [0.1, 0.15) is 25.8 Å². The molecule has 4 heteroatoms. The van der Waals surface area contributed by atoms with E-state index in [0.29, 0.717) is 12.1 Å². The third-order valence-corrected chi connectivity index (χ3v) is 2.49. The lowest BCUT2D eigenvalue weighted by molar-refractivity contribution is 0.220. The molecule has 0 radical (unpaired) electrons. The summed E-state index contributed by atoms with van der Waals surface area (Å²) in [7, 11) is 0. The van der Waals surface area contributed by atoms with Gasteiger partial charge in [0.05, 0.1) is 17.4 Å². The van der Waals surface area contributed by atoms with Crippen molar-refractivity contribution in [2.24, 2.45) is 5.41 Å². The van der Waals surface area contributed by atoms with E-state index in [-0.39, 0.29) is 12.0 Å². The van der Waals surface area contributed by atoms with E-state index in [9.17, 15) is 0 Å². The predicted molar refractivity (Wildman–Crippen MR) is 62.9 cm³/mol. The molecule has 0 unspecified atom stereocenters. The molecule has 0 fully saturated rings. The number of hydrogen-bond acceptors (Lipinski definition) is 4. The maximum atomic E-state index is 8.91. The van der Waals surface area contributed by atoms with Crippen LogP contribution < -0.4 is 5.32 Å². The quantitative estimate of drug-likeness (QED) is 0.792. The van der Waals surface area contributed by atoms with Gasteiger partial charge in [0.2, 0.25) is 0 Å². The van der Waals surface area contributed by atoms with Crippen LogP contribution in [-0.4, -0.2) is 23.2 Å². The first-order valence-electron chi connectivity index (χ1n) is 5.28. The highest BCUT2D eigenvalue weighted by Gasteiger charge is 2.17. The summed E-state index contributed by atoms with van der Waals surface area (Å²) < 4.78 is 0. The maximum absolute atomic E-state index is 8.91. The first-order chi connectivity index (χ1) is 7.59. The minimum atomic E-state index is -0.00266. The zero-order chi connectivity index (χ0) is 12.0. The van der Waals surface area contributed by atoms with Gasteiger partial charge in [-0.25, -0.2) is 0 Å². The van der Waals surface area contributed by atoms with Gasteiger partial charge in [-0.15, -0.1) is 0 Å². The largest absolute Gasteiger partial charge is 0.396 e. The Morgan fingerprint density at radius 1 is 1.56 bits per heavy atom. The number of aliphatic hydroxyl groups is 1. The van der Waals surface area contributed by atoms with Crippen molar-refractivity contribution < 1.29 is 5.11 Å². The first kappa shape index (κ1) is 12.5. The molecule has 0 atom stereocenters. The predicted octanol–water partition coefficient (Wildman–Crippen LogP) is 1.77. The lowest BCUT2D eigenvalue weighted by atomic mass is 9.89. The molecule has 0 amide bonds. The summed E-state index contributed by atoms with van der Waals surface area (Å²) in [5.74, 6) is 0. The van der Waals surface area contributed by atoms with E-state index in [1.807, 2.05) is 0 Å². The van der Waals surface area contributed by atoms with E-state index >= 15 is 0 Å². The van der Waals surface area contributed by atoms with Crippen molar-refractivity contribution in [1.29, 1.82) is 5.26 Å². The first-order valence-corrected chi connectivity index (χ1v) is 5.28. The fraction of sp³-hybridized carbons (Fsp3) is 0.500. The standard InChI is InChI=1S/C12H17N3O/c1-12(2,4-6-16)9-15-11-8-14-5-3-10(11)7-13/h3,5,8,15-16H,4,6,9H2,1-2H3. The highest BCUT2D eigenvalue weighted by molar-refractivity contribution is 5.55. The summed E-state index contributed by atoms with van der Waals surface area (Å²) in [5.41, 5.74) is 1.34. The molecular formula is C12H17N3O. The average molecular weight is 219 g/mol. The molecular weight excluding hydrogens is 202 g/mol. The van der Waals surface area contributed by atoms with Crippen LogP contribution in [-0.2, 0) is 0 Å². The Bertz CT molecular complexity index is 382. The Morgan fingerprint density at radius 2 is 2.31 bits per heavy atom. The van der Waals surface area contributed by atoms with Gasteiger partial charge in [0, 0.05) is 19.3 Å². The number of nitriles is 1. The molecule has 0 aliphatic carbocycles. The van der Waals surface area contributed by atoms with Crippen molar-refractivity contribution >= 4 is 5.69 Å². The number of pyridine rings is 1. The smallest absolute Gasteiger partial charge is 0.101 e. The van der Waals surface area contributed by atoms with E-state index in [1.165, 1.54) is 0 Å².